The number of hydrogen-bond acceptors (Lipinski definition) is 9. The average Bonchev–Trinajstić information content (AvgIpc) is 3.62. The van der Waals surface area contributed by atoms with Crippen molar-refractivity contribution in [2.24, 2.45) is 0 Å². The molecule has 0 saturated heterocycles. The number of rotatable bonds is 12. The van der Waals surface area contributed by atoms with E-state index in [1.807, 2.05) is 54.0 Å². The first kappa shape index (κ1) is 33.2. The van der Waals surface area contributed by atoms with Crippen LogP contribution in [-0.2, 0) is 17.8 Å². The molecule has 0 amide bonds. The van der Waals surface area contributed by atoms with Crippen molar-refractivity contribution in [3.8, 4) is 28.5 Å². The zero-order chi connectivity index (χ0) is 32.4. The van der Waals surface area contributed by atoms with Crippen LogP contribution in [0.1, 0.15) is 25.3 Å². The van der Waals surface area contributed by atoms with Crippen LogP contribution in [0, 0.1) is 0 Å². The molecular formula is C30H31ClF3N7O4. The maximum atomic E-state index is 10.6. The molecule has 11 nitrogen and oxygen atoms in total. The van der Waals surface area contributed by atoms with Gasteiger partial charge >= 0.3 is 12.1 Å². The van der Waals surface area contributed by atoms with Gasteiger partial charge in [0.05, 0.1) is 18.5 Å². The second kappa shape index (κ2) is 15.3. The van der Waals surface area contributed by atoms with Crippen LogP contribution < -0.4 is 15.8 Å². The third-order valence-corrected chi connectivity index (χ3v) is 6.83. The number of hydrogen-bond donors (Lipinski definition) is 3. The number of halogens is 4. The van der Waals surface area contributed by atoms with Gasteiger partial charge < -0.3 is 25.5 Å². The number of benzene rings is 2. The van der Waals surface area contributed by atoms with Gasteiger partial charge in [-0.1, -0.05) is 54.1 Å². The monoisotopic (exact) mass is 645 g/mol. The molecule has 0 spiro atoms. The van der Waals surface area contributed by atoms with Crippen molar-refractivity contribution in [2.75, 3.05) is 25.4 Å². The minimum Gasteiger partial charge on any atom is -0.490 e. The Balaban J connectivity index is 0.000000591. The molecule has 0 radical (unpaired) electrons. The van der Waals surface area contributed by atoms with E-state index in [-0.39, 0.29) is 5.82 Å². The Morgan fingerprint density at radius 2 is 1.78 bits per heavy atom. The number of imidazole rings is 1. The lowest BCUT2D eigenvalue weighted by Gasteiger charge is -2.12. The van der Waals surface area contributed by atoms with Gasteiger partial charge in [0.25, 0.3) is 0 Å². The highest BCUT2D eigenvalue weighted by atomic mass is 35.5. The first-order chi connectivity index (χ1) is 21.6. The van der Waals surface area contributed by atoms with E-state index in [9.17, 15) is 13.2 Å². The van der Waals surface area contributed by atoms with Crippen molar-refractivity contribution >= 4 is 34.4 Å². The summed E-state index contributed by atoms with van der Waals surface area (Å²) < 4.78 is 44.9. The number of alkyl halides is 3. The highest BCUT2D eigenvalue weighted by Gasteiger charge is 2.38. The first-order valence-electron chi connectivity index (χ1n) is 14.0. The molecule has 15 heteroatoms. The first-order valence-corrected chi connectivity index (χ1v) is 14.4. The molecule has 0 aliphatic rings. The summed E-state index contributed by atoms with van der Waals surface area (Å²) in [6, 6.07) is 17.9. The number of nitrogen functional groups attached to an aromatic ring is 1. The molecule has 0 bridgehead atoms. The van der Waals surface area contributed by atoms with E-state index in [1.165, 1.54) is 5.56 Å². The van der Waals surface area contributed by atoms with Crippen LogP contribution in [0.3, 0.4) is 0 Å². The zero-order valence-corrected chi connectivity index (χ0v) is 25.0. The summed E-state index contributed by atoms with van der Waals surface area (Å²) >= 11 is 5.95. The number of pyridine rings is 1. The highest BCUT2D eigenvalue weighted by Crippen LogP contribution is 2.36. The van der Waals surface area contributed by atoms with Crippen LogP contribution in [0.25, 0.3) is 33.8 Å². The van der Waals surface area contributed by atoms with Gasteiger partial charge in [0, 0.05) is 17.1 Å². The van der Waals surface area contributed by atoms with E-state index in [1.54, 1.807) is 6.20 Å². The van der Waals surface area contributed by atoms with Crippen LogP contribution >= 0.6 is 11.6 Å². The Kier molecular flexibility index (Phi) is 11.3. The van der Waals surface area contributed by atoms with E-state index >= 15 is 0 Å². The Morgan fingerprint density at radius 1 is 1.07 bits per heavy atom. The van der Waals surface area contributed by atoms with Crippen molar-refractivity contribution < 1.29 is 32.4 Å². The van der Waals surface area contributed by atoms with Crippen molar-refractivity contribution in [2.45, 2.75) is 38.9 Å². The molecule has 0 aliphatic heterocycles. The second-order valence-electron chi connectivity index (χ2n) is 9.70. The predicted octanol–water partition coefficient (Wildman–Crippen LogP) is 6.03. The van der Waals surface area contributed by atoms with Crippen molar-refractivity contribution in [3.63, 3.8) is 0 Å². The summed E-state index contributed by atoms with van der Waals surface area (Å²) in [5.41, 5.74) is 11.0. The topological polar surface area (TPSA) is 154 Å². The molecule has 0 aliphatic carbocycles. The Morgan fingerprint density at radius 3 is 2.40 bits per heavy atom. The summed E-state index contributed by atoms with van der Waals surface area (Å²) in [7, 11) is 0. The van der Waals surface area contributed by atoms with Gasteiger partial charge in [-0.3, -0.25) is 0 Å². The molecule has 2 aromatic carbocycles. The van der Waals surface area contributed by atoms with Gasteiger partial charge in [-0.25, -0.2) is 19.4 Å². The van der Waals surface area contributed by atoms with Crippen molar-refractivity contribution in [1.29, 1.82) is 0 Å². The number of carboxylic acids is 1. The molecule has 3 heterocycles. The second-order valence-corrected chi connectivity index (χ2v) is 10.1. The number of unbranched alkanes of at least 4 members (excludes halogenated alkanes) is 1. The normalized spacial score (nSPS) is 11.3. The molecule has 238 valence electrons. The summed E-state index contributed by atoms with van der Waals surface area (Å²) in [5, 5.41) is 19.1. The summed E-state index contributed by atoms with van der Waals surface area (Å²) in [6.07, 6.45) is -0.432. The smallest absolute Gasteiger partial charge is 0.490 e. The van der Waals surface area contributed by atoms with Crippen LogP contribution in [0.5, 0.6) is 5.75 Å². The van der Waals surface area contributed by atoms with Crippen LogP contribution in [0.4, 0.5) is 19.0 Å². The van der Waals surface area contributed by atoms with Gasteiger partial charge in [-0.15, -0.1) is 0 Å². The Bertz CT molecular complexity index is 1690. The predicted molar refractivity (Wildman–Crippen MR) is 163 cm³/mol. The highest BCUT2D eigenvalue weighted by molar-refractivity contribution is 6.30. The van der Waals surface area contributed by atoms with E-state index < -0.39 is 12.1 Å². The molecular weight excluding hydrogens is 615 g/mol. The Labute approximate surface area is 261 Å². The largest absolute Gasteiger partial charge is 0.490 e. The minimum absolute atomic E-state index is 0.190. The number of anilines is 1. The standard InChI is InChI=1S/C28H30ClN7O2.C2HF3O2/c1-2-36-26-22(37-17-7-6-15-31-16-14-19-10-12-21(29)13-11-19)18-32-23(20-8-4-3-5-9-20)24(26)33-28(36)25-27(30)35-38-34-25;3-2(4,5)1(6)7/h3-5,8-13,18,31H,2,6-7,14-17H2,1H3,(H2,30,35);(H,6,7). The van der Waals surface area contributed by atoms with Gasteiger partial charge in [-0.05, 0) is 67.3 Å². The zero-order valence-electron chi connectivity index (χ0n) is 24.2. The fourth-order valence-corrected chi connectivity index (χ4v) is 4.53. The molecule has 45 heavy (non-hydrogen) atoms. The number of carboxylic acid groups (broad SMARTS) is 1. The SMILES string of the molecule is CCn1c(-c2nonc2N)nc2c(-c3ccccc3)ncc(OCCCCNCCc3ccc(Cl)cc3)c21.O=C(O)C(F)(F)F. The average molecular weight is 646 g/mol. The third kappa shape index (κ3) is 8.70. The fraction of sp³-hybridized carbons (Fsp3) is 0.300. The van der Waals surface area contributed by atoms with Gasteiger partial charge in [0.1, 0.15) is 11.0 Å². The van der Waals surface area contributed by atoms with Gasteiger partial charge in [0.15, 0.2) is 23.1 Å². The van der Waals surface area contributed by atoms with Crippen molar-refractivity contribution in [1.82, 2.24) is 30.2 Å². The summed E-state index contributed by atoms with van der Waals surface area (Å²) in [4.78, 5) is 18.5. The lowest BCUT2D eigenvalue weighted by atomic mass is 10.1. The molecule has 0 fully saturated rings. The lowest BCUT2D eigenvalue weighted by molar-refractivity contribution is -0.192. The number of carbonyl (C=O) groups is 1. The molecule has 5 aromatic rings. The van der Waals surface area contributed by atoms with Crippen LogP contribution in [0.15, 0.2) is 65.4 Å². The van der Waals surface area contributed by atoms with E-state index in [2.05, 4.69) is 27.8 Å². The Hall–Kier alpha value is -4.69. The van der Waals surface area contributed by atoms with Crippen LogP contribution in [0.2, 0.25) is 5.02 Å². The number of nitrogens with zero attached hydrogens (tertiary/aromatic N) is 5. The van der Waals surface area contributed by atoms with Gasteiger partial charge in [0.2, 0.25) is 0 Å². The number of aromatic nitrogens is 5. The van der Waals surface area contributed by atoms with E-state index in [4.69, 9.17) is 46.6 Å². The van der Waals surface area contributed by atoms with Crippen LogP contribution in [-0.4, -0.2) is 61.8 Å². The number of nitrogens with one attached hydrogen (secondary N) is 1. The summed E-state index contributed by atoms with van der Waals surface area (Å²) in [6.45, 7) is 5.08. The quantitative estimate of drug-likeness (QED) is 0.137. The van der Waals surface area contributed by atoms with E-state index in [0.29, 0.717) is 30.4 Å². The fourth-order valence-electron chi connectivity index (χ4n) is 4.41. The number of ether oxygens (including phenoxy) is 1. The molecule has 4 N–H and O–H groups in total. The number of aryl methyl sites for hydroxylation is 1. The van der Waals surface area contributed by atoms with Gasteiger partial charge in [-0.2, -0.15) is 13.2 Å². The molecule has 0 atom stereocenters. The third-order valence-electron chi connectivity index (χ3n) is 6.58. The lowest BCUT2D eigenvalue weighted by Crippen LogP contribution is -2.21. The van der Waals surface area contributed by atoms with E-state index in [0.717, 1.165) is 59.7 Å². The molecule has 0 saturated carbocycles. The number of aliphatic carboxylic acids is 1. The summed E-state index contributed by atoms with van der Waals surface area (Å²) in [5.74, 6) is -1.32. The minimum atomic E-state index is -5.08. The molecule has 3 aromatic heterocycles. The number of nitrogens with two attached hydrogens (primary N) is 1. The number of fused-ring (bicyclic) bond motifs is 1. The van der Waals surface area contributed by atoms with Crippen molar-refractivity contribution in [3.05, 3.63) is 71.4 Å². The maximum Gasteiger partial charge on any atom is 0.490 e. The molecule has 0 unspecified atom stereocenters. The maximum absolute atomic E-state index is 10.6. The molecule has 5 rings (SSSR count).